The summed E-state index contributed by atoms with van der Waals surface area (Å²) in [6, 6.07) is 14.1. The summed E-state index contributed by atoms with van der Waals surface area (Å²) in [7, 11) is 0. The van der Waals surface area contributed by atoms with E-state index in [4.69, 9.17) is 16.3 Å². The number of nitrogens with one attached hydrogen (secondary N) is 1. The molecular weight excluding hydrogens is 480 g/mol. The summed E-state index contributed by atoms with van der Waals surface area (Å²) in [5.41, 5.74) is 2.07. The predicted molar refractivity (Wildman–Crippen MR) is 139 cm³/mol. The minimum absolute atomic E-state index is 0.125. The fourth-order valence-electron chi connectivity index (χ4n) is 4.45. The Morgan fingerprint density at radius 1 is 1.03 bits per heavy atom. The number of carboxylic acids is 1. The summed E-state index contributed by atoms with van der Waals surface area (Å²) in [5, 5.41) is 12.8. The van der Waals surface area contributed by atoms with Gasteiger partial charge in [0.15, 0.2) is 0 Å². The van der Waals surface area contributed by atoms with E-state index in [1.807, 2.05) is 48.2 Å². The van der Waals surface area contributed by atoms with Crippen LogP contribution in [0, 0.1) is 5.92 Å². The Bertz CT molecular complexity index is 1000. The molecule has 194 valence electrons. The molecule has 0 unspecified atom stereocenters. The molecule has 0 saturated carbocycles. The smallest absolute Gasteiger partial charge is 0.326 e. The van der Waals surface area contributed by atoms with Crippen molar-refractivity contribution in [1.82, 2.24) is 10.2 Å². The molecule has 0 aromatic heterocycles. The van der Waals surface area contributed by atoms with Crippen LogP contribution in [0.1, 0.15) is 50.2 Å². The van der Waals surface area contributed by atoms with Crippen LogP contribution < -0.4 is 10.1 Å². The molecule has 0 spiro atoms. The fraction of sp³-hybridized carbons (Fsp3) is 0.464. The van der Waals surface area contributed by atoms with E-state index >= 15 is 0 Å². The highest BCUT2D eigenvalue weighted by molar-refractivity contribution is 6.30. The second-order valence-electron chi connectivity index (χ2n) is 9.23. The lowest BCUT2D eigenvalue weighted by molar-refractivity contribution is -0.142. The molecule has 1 heterocycles. The number of piperidine rings is 1. The number of aryl methyl sites for hydroxylation is 2. The van der Waals surface area contributed by atoms with Gasteiger partial charge in [-0.2, -0.15) is 0 Å². The first-order valence-corrected chi connectivity index (χ1v) is 13.0. The normalized spacial score (nSPS) is 14.8. The number of rotatable bonds is 12. The van der Waals surface area contributed by atoms with Crippen LogP contribution in [-0.4, -0.2) is 53.5 Å². The van der Waals surface area contributed by atoms with Crippen molar-refractivity contribution in [2.75, 3.05) is 19.7 Å². The van der Waals surface area contributed by atoms with Gasteiger partial charge in [0.1, 0.15) is 11.8 Å². The molecule has 2 aromatic rings. The molecule has 1 aliphatic heterocycles. The molecule has 2 amide bonds. The van der Waals surface area contributed by atoms with Crippen molar-refractivity contribution < 1.29 is 24.2 Å². The van der Waals surface area contributed by atoms with Gasteiger partial charge in [0.05, 0.1) is 6.61 Å². The third-order valence-electron chi connectivity index (χ3n) is 6.57. The maximum absolute atomic E-state index is 12.6. The van der Waals surface area contributed by atoms with Gasteiger partial charge in [-0.1, -0.05) is 35.9 Å². The Morgan fingerprint density at radius 2 is 1.64 bits per heavy atom. The lowest BCUT2D eigenvalue weighted by Crippen LogP contribution is -2.43. The Hall–Kier alpha value is -3.06. The van der Waals surface area contributed by atoms with E-state index in [1.165, 1.54) is 0 Å². The zero-order chi connectivity index (χ0) is 25.9. The first-order chi connectivity index (χ1) is 17.3. The number of likely N-dealkylation sites (tertiary alicyclic amines) is 1. The number of nitrogens with zero attached hydrogens (tertiary/aromatic N) is 1. The van der Waals surface area contributed by atoms with Crippen LogP contribution in [0.2, 0.25) is 5.02 Å². The lowest BCUT2D eigenvalue weighted by atomic mass is 9.92. The van der Waals surface area contributed by atoms with Crippen molar-refractivity contribution in [3.05, 3.63) is 64.7 Å². The average molecular weight is 515 g/mol. The van der Waals surface area contributed by atoms with E-state index in [0.717, 1.165) is 29.7 Å². The number of carbonyl (C=O) groups is 3. The molecule has 2 N–H and O–H groups in total. The summed E-state index contributed by atoms with van der Waals surface area (Å²) in [6.07, 6.45) is 3.73. The maximum atomic E-state index is 12.6. The van der Waals surface area contributed by atoms with Gasteiger partial charge >= 0.3 is 5.97 Å². The number of carbonyl (C=O) groups excluding carboxylic acids is 2. The maximum Gasteiger partial charge on any atom is 0.326 e. The largest absolute Gasteiger partial charge is 0.494 e. The van der Waals surface area contributed by atoms with Crippen LogP contribution in [0.3, 0.4) is 0 Å². The quantitative estimate of drug-likeness (QED) is 0.434. The van der Waals surface area contributed by atoms with E-state index < -0.39 is 12.0 Å². The number of hydrogen-bond donors (Lipinski definition) is 2. The third kappa shape index (κ3) is 8.86. The highest BCUT2D eigenvalue weighted by Gasteiger charge is 2.26. The Balaban J connectivity index is 1.37. The fourth-order valence-corrected chi connectivity index (χ4v) is 4.58. The first-order valence-electron chi connectivity index (χ1n) is 12.6. The van der Waals surface area contributed by atoms with Crippen LogP contribution in [0.25, 0.3) is 0 Å². The minimum atomic E-state index is -1.04. The highest BCUT2D eigenvalue weighted by Crippen LogP contribution is 2.22. The van der Waals surface area contributed by atoms with E-state index in [1.54, 1.807) is 12.1 Å². The van der Waals surface area contributed by atoms with E-state index in [2.05, 4.69) is 5.32 Å². The van der Waals surface area contributed by atoms with Crippen LogP contribution in [-0.2, 0) is 27.2 Å². The van der Waals surface area contributed by atoms with Crippen molar-refractivity contribution >= 4 is 29.4 Å². The molecule has 1 aliphatic rings. The van der Waals surface area contributed by atoms with Gasteiger partial charge in [0.2, 0.25) is 11.8 Å². The second-order valence-corrected chi connectivity index (χ2v) is 9.67. The zero-order valence-corrected chi connectivity index (χ0v) is 21.5. The van der Waals surface area contributed by atoms with Gasteiger partial charge in [-0.05, 0) is 80.3 Å². The number of carboxylic acid groups (broad SMARTS) is 1. The number of aliphatic carboxylic acids is 1. The highest BCUT2D eigenvalue weighted by atomic mass is 35.5. The molecule has 2 aromatic carbocycles. The molecule has 36 heavy (non-hydrogen) atoms. The minimum Gasteiger partial charge on any atom is -0.494 e. The van der Waals surface area contributed by atoms with Crippen molar-refractivity contribution in [3.8, 4) is 5.75 Å². The van der Waals surface area contributed by atoms with Crippen LogP contribution in [0.5, 0.6) is 5.75 Å². The van der Waals surface area contributed by atoms with Crippen LogP contribution in [0.15, 0.2) is 48.5 Å². The first kappa shape index (κ1) is 27.5. The monoisotopic (exact) mass is 514 g/mol. The summed E-state index contributed by atoms with van der Waals surface area (Å²) in [4.78, 5) is 38.7. The number of hydrogen-bond acceptors (Lipinski definition) is 4. The molecule has 1 saturated heterocycles. The molecule has 1 atom stereocenters. The van der Waals surface area contributed by atoms with Crippen LogP contribution >= 0.6 is 11.6 Å². The lowest BCUT2D eigenvalue weighted by Gasteiger charge is -2.32. The van der Waals surface area contributed by atoms with Gasteiger partial charge < -0.3 is 20.1 Å². The summed E-state index contributed by atoms with van der Waals surface area (Å²) in [6.45, 7) is 3.82. The van der Waals surface area contributed by atoms with E-state index in [0.29, 0.717) is 50.4 Å². The summed E-state index contributed by atoms with van der Waals surface area (Å²) in [5.74, 6) is -0.190. The van der Waals surface area contributed by atoms with E-state index in [9.17, 15) is 19.5 Å². The average Bonchev–Trinajstić information content (AvgIpc) is 2.87. The molecule has 7 nitrogen and oxygen atoms in total. The molecular formula is C28H35ClN2O5. The number of benzene rings is 2. The zero-order valence-electron chi connectivity index (χ0n) is 20.7. The summed E-state index contributed by atoms with van der Waals surface area (Å²) >= 11 is 5.89. The molecule has 1 fully saturated rings. The topological polar surface area (TPSA) is 95.9 Å². The summed E-state index contributed by atoms with van der Waals surface area (Å²) < 4.78 is 5.45. The van der Waals surface area contributed by atoms with Gasteiger partial charge in [0, 0.05) is 31.0 Å². The number of amides is 2. The van der Waals surface area contributed by atoms with Gasteiger partial charge in [-0.15, -0.1) is 0 Å². The second kappa shape index (κ2) is 13.9. The molecule has 3 rings (SSSR count). The molecule has 0 bridgehead atoms. The van der Waals surface area contributed by atoms with Gasteiger partial charge in [0.25, 0.3) is 0 Å². The van der Waals surface area contributed by atoms with Crippen molar-refractivity contribution in [3.63, 3.8) is 0 Å². The van der Waals surface area contributed by atoms with Crippen molar-refractivity contribution in [2.24, 2.45) is 5.92 Å². The van der Waals surface area contributed by atoms with Crippen molar-refractivity contribution in [1.29, 1.82) is 0 Å². The van der Waals surface area contributed by atoms with Crippen molar-refractivity contribution in [2.45, 2.75) is 57.9 Å². The number of halogens is 1. The van der Waals surface area contributed by atoms with Crippen LogP contribution in [0.4, 0.5) is 0 Å². The Morgan fingerprint density at radius 3 is 2.25 bits per heavy atom. The standard InChI is InChI=1S/C28H35ClN2O5/c1-2-36-24-11-5-21(6-12-24)8-14-27(33)31-17-15-22(16-18-31)19-26(32)30-25(28(34)35)13-7-20-3-9-23(29)10-4-20/h3-6,9-12,22,25H,2,7-8,13-19H2,1H3,(H,30,32)(H,34,35)/t25-/m0/s1. The molecule has 8 heteroatoms. The predicted octanol–water partition coefficient (Wildman–Crippen LogP) is 4.50. The third-order valence-corrected chi connectivity index (χ3v) is 6.82. The molecule has 0 aliphatic carbocycles. The number of ether oxygens (including phenoxy) is 1. The Kier molecular flexibility index (Phi) is 10.6. The van der Waals surface area contributed by atoms with Gasteiger partial charge in [-0.3, -0.25) is 9.59 Å². The molecule has 0 radical (unpaired) electrons. The van der Waals surface area contributed by atoms with E-state index in [-0.39, 0.29) is 24.2 Å². The van der Waals surface area contributed by atoms with Gasteiger partial charge in [-0.25, -0.2) is 4.79 Å². The SMILES string of the molecule is CCOc1ccc(CCC(=O)N2CCC(CC(=O)N[C@@H](CCc3ccc(Cl)cc3)C(=O)O)CC2)cc1. The Labute approximate surface area is 217 Å².